The van der Waals surface area contributed by atoms with Crippen molar-refractivity contribution < 1.29 is 40.7 Å². The molecule has 0 radical (unpaired) electrons. The quantitative estimate of drug-likeness (QED) is 0.778. The Balaban J connectivity index is 1.94. The van der Waals surface area contributed by atoms with E-state index < -0.39 is 30.5 Å². The predicted molar refractivity (Wildman–Crippen MR) is 62.9 cm³/mol. The molecule has 1 atom stereocenters. The Morgan fingerprint density at radius 2 is 1.57 bits per heavy atom. The Morgan fingerprint density at radius 3 is 1.91 bits per heavy atom. The molecule has 0 bridgehead atoms. The van der Waals surface area contributed by atoms with Crippen molar-refractivity contribution in [3.05, 3.63) is 0 Å². The highest BCUT2D eigenvalue weighted by Gasteiger charge is 2.61. The van der Waals surface area contributed by atoms with Crippen molar-refractivity contribution in [1.29, 1.82) is 0 Å². The maximum Gasteiger partial charge on any atom is 0.434 e. The van der Waals surface area contributed by atoms with Crippen LogP contribution in [0.2, 0.25) is 0 Å². The van der Waals surface area contributed by atoms with Gasteiger partial charge in [-0.2, -0.15) is 26.3 Å². The van der Waals surface area contributed by atoms with Crippen LogP contribution in [0.25, 0.3) is 0 Å². The van der Waals surface area contributed by atoms with Gasteiger partial charge in [0, 0.05) is 19.0 Å². The van der Waals surface area contributed by atoms with Crippen LogP contribution in [0.3, 0.4) is 0 Å². The Hall–Kier alpha value is -1.68. The molecular formula is C12H14F6N2O3. The Bertz CT molecular complexity index is 482. The Labute approximate surface area is 126 Å². The lowest BCUT2D eigenvalue weighted by Crippen LogP contribution is -2.49. The zero-order valence-corrected chi connectivity index (χ0v) is 11.7. The molecule has 1 aliphatic heterocycles. The first-order valence-electron chi connectivity index (χ1n) is 6.75. The van der Waals surface area contributed by atoms with Crippen LogP contribution in [-0.2, 0) is 9.53 Å². The van der Waals surface area contributed by atoms with Crippen molar-refractivity contribution in [3.8, 4) is 0 Å². The van der Waals surface area contributed by atoms with Crippen LogP contribution < -0.4 is 5.73 Å². The van der Waals surface area contributed by atoms with Crippen LogP contribution in [0, 0.1) is 11.3 Å². The molecule has 1 saturated heterocycles. The van der Waals surface area contributed by atoms with E-state index in [1.807, 2.05) is 0 Å². The molecule has 1 spiro atoms. The normalized spacial score (nSPS) is 24.0. The van der Waals surface area contributed by atoms with E-state index in [0.29, 0.717) is 19.3 Å². The molecule has 2 fully saturated rings. The van der Waals surface area contributed by atoms with Gasteiger partial charge in [0.1, 0.15) is 0 Å². The van der Waals surface area contributed by atoms with Crippen molar-refractivity contribution in [2.24, 2.45) is 17.1 Å². The maximum atomic E-state index is 12.3. The van der Waals surface area contributed by atoms with Crippen molar-refractivity contribution >= 4 is 12.0 Å². The monoisotopic (exact) mass is 348 g/mol. The van der Waals surface area contributed by atoms with Gasteiger partial charge in [-0.05, 0) is 24.7 Å². The number of carbonyl (C=O) groups is 2. The maximum absolute atomic E-state index is 12.3. The molecule has 0 aromatic heterocycles. The summed E-state index contributed by atoms with van der Waals surface area (Å²) in [6.45, 7) is -0.157. The number of amides is 2. The summed E-state index contributed by atoms with van der Waals surface area (Å²) in [7, 11) is 0. The highest BCUT2D eigenvalue weighted by molar-refractivity contribution is 5.81. The molecule has 2 rings (SSSR count). The Morgan fingerprint density at radius 1 is 1.09 bits per heavy atom. The van der Waals surface area contributed by atoms with Crippen LogP contribution in [0.1, 0.15) is 19.3 Å². The number of hydrogen-bond acceptors (Lipinski definition) is 3. The molecule has 1 saturated carbocycles. The number of likely N-dealkylation sites (tertiary alicyclic amines) is 1. The van der Waals surface area contributed by atoms with Gasteiger partial charge in [0.2, 0.25) is 5.91 Å². The van der Waals surface area contributed by atoms with Gasteiger partial charge < -0.3 is 15.4 Å². The fourth-order valence-corrected chi connectivity index (χ4v) is 2.93. The molecule has 1 heterocycles. The van der Waals surface area contributed by atoms with Crippen molar-refractivity contribution in [2.45, 2.75) is 37.7 Å². The standard InChI is InChI=1S/C12H14F6N2O3/c13-11(14,15)8(12(16,17)18)23-9(22)20-3-1-10(2-4-20)5-6(10)7(19)21/h6,8H,1-5H2,(H2,19,21)/t6-/m1/s1. The third-order valence-corrected chi connectivity index (χ3v) is 4.36. The van der Waals surface area contributed by atoms with Crippen LogP contribution in [0.4, 0.5) is 31.1 Å². The van der Waals surface area contributed by atoms with Gasteiger partial charge in [-0.1, -0.05) is 0 Å². The van der Waals surface area contributed by atoms with E-state index in [-0.39, 0.29) is 24.4 Å². The highest BCUT2D eigenvalue weighted by Crippen LogP contribution is 2.59. The van der Waals surface area contributed by atoms with Gasteiger partial charge in [0.25, 0.3) is 6.10 Å². The van der Waals surface area contributed by atoms with E-state index in [9.17, 15) is 35.9 Å². The lowest BCUT2D eigenvalue weighted by molar-refractivity contribution is -0.308. The summed E-state index contributed by atoms with van der Waals surface area (Å²) < 4.78 is 77.7. The van der Waals surface area contributed by atoms with E-state index in [1.54, 1.807) is 0 Å². The number of piperidine rings is 1. The number of halogens is 6. The van der Waals surface area contributed by atoms with E-state index >= 15 is 0 Å². The SMILES string of the molecule is NC(=O)[C@H]1CC12CCN(C(=O)OC(C(F)(F)F)C(F)(F)F)CC2. The van der Waals surface area contributed by atoms with Gasteiger partial charge >= 0.3 is 18.4 Å². The summed E-state index contributed by atoms with van der Waals surface area (Å²) in [5, 5.41) is 0. The molecule has 5 nitrogen and oxygen atoms in total. The molecule has 0 aromatic carbocycles. The average Bonchev–Trinajstić information content (AvgIpc) is 3.08. The molecule has 2 aliphatic rings. The number of rotatable bonds is 2. The van der Waals surface area contributed by atoms with Gasteiger partial charge in [-0.15, -0.1) is 0 Å². The van der Waals surface area contributed by atoms with E-state index in [0.717, 1.165) is 4.90 Å². The topological polar surface area (TPSA) is 72.6 Å². The molecular weight excluding hydrogens is 334 g/mol. The fraction of sp³-hybridized carbons (Fsp3) is 0.833. The third-order valence-electron chi connectivity index (χ3n) is 4.36. The zero-order chi connectivity index (χ0) is 17.6. The molecule has 11 heteroatoms. The molecule has 1 aliphatic carbocycles. The van der Waals surface area contributed by atoms with E-state index in [1.165, 1.54) is 0 Å². The smallest absolute Gasteiger partial charge is 0.426 e. The summed E-state index contributed by atoms with van der Waals surface area (Å²) in [5.41, 5.74) is 4.79. The van der Waals surface area contributed by atoms with Gasteiger partial charge in [-0.25, -0.2) is 4.79 Å². The molecule has 0 unspecified atom stereocenters. The molecule has 2 amide bonds. The number of nitrogens with zero attached hydrogens (tertiary/aromatic N) is 1. The fourth-order valence-electron chi connectivity index (χ4n) is 2.93. The number of ether oxygens (including phenoxy) is 1. The minimum Gasteiger partial charge on any atom is -0.426 e. The van der Waals surface area contributed by atoms with Crippen molar-refractivity contribution in [2.75, 3.05) is 13.1 Å². The molecule has 23 heavy (non-hydrogen) atoms. The summed E-state index contributed by atoms with van der Waals surface area (Å²) in [4.78, 5) is 23.4. The van der Waals surface area contributed by atoms with Crippen LogP contribution in [-0.4, -0.2) is 48.4 Å². The van der Waals surface area contributed by atoms with Crippen molar-refractivity contribution in [1.82, 2.24) is 4.90 Å². The number of primary amides is 1. The second-order valence-electron chi connectivity index (χ2n) is 5.86. The highest BCUT2D eigenvalue weighted by atomic mass is 19.4. The number of nitrogens with two attached hydrogens (primary N) is 1. The predicted octanol–water partition coefficient (Wildman–Crippen LogP) is 2.20. The first kappa shape index (κ1) is 17.7. The van der Waals surface area contributed by atoms with E-state index in [2.05, 4.69) is 4.74 Å². The van der Waals surface area contributed by atoms with Crippen LogP contribution in [0.15, 0.2) is 0 Å². The summed E-state index contributed by atoms with van der Waals surface area (Å²) >= 11 is 0. The lowest BCUT2D eigenvalue weighted by Gasteiger charge is -2.33. The first-order valence-corrected chi connectivity index (χ1v) is 6.75. The summed E-state index contributed by atoms with van der Waals surface area (Å²) in [6, 6.07) is 0. The molecule has 2 N–H and O–H groups in total. The largest absolute Gasteiger partial charge is 0.434 e. The number of hydrogen-bond donors (Lipinski definition) is 1. The number of carbonyl (C=O) groups excluding carboxylic acids is 2. The van der Waals surface area contributed by atoms with Gasteiger partial charge in [0.15, 0.2) is 0 Å². The van der Waals surface area contributed by atoms with Crippen LogP contribution in [0.5, 0.6) is 0 Å². The first-order chi connectivity index (χ1) is 10.4. The van der Waals surface area contributed by atoms with Crippen molar-refractivity contribution in [3.63, 3.8) is 0 Å². The average molecular weight is 348 g/mol. The van der Waals surface area contributed by atoms with Crippen LogP contribution >= 0.6 is 0 Å². The van der Waals surface area contributed by atoms with Gasteiger partial charge in [0.05, 0.1) is 0 Å². The molecule has 132 valence electrons. The summed E-state index contributed by atoms with van der Waals surface area (Å²) in [5.74, 6) is -0.839. The second-order valence-corrected chi connectivity index (χ2v) is 5.86. The second kappa shape index (κ2) is 5.45. The molecule has 0 aromatic rings. The summed E-state index contributed by atoms with van der Waals surface area (Å²) in [6.07, 6.45) is -16.2. The Kier molecular flexibility index (Phi) is 4.18. The third kappa shape index (κ3) is 3.63. The zero-order valence-electron chi connectivity index (χ0n) is 11.7. The number of alkyl halides is 6. The van der Waals surface area contributed by atoms with E-state index in [4.69, 9.17) is 5.73 Å². The lowest BCUT2D eigenvalue weighted by atomic mass is 9.91. The minimum absolute atomic E-state index is 0.0783. The minimum atomic E-state index is -5.74. The van der Waals surface area contributed by atoms with Gasteiger partial charge in [-0.3, -0.25) is 4.79 Å².